The highest BCUT2D eigenvalue weighted by Crippen LogP contribution is 2.32. The fourth-order valence-corrected chi connectivity index (χ4v) is 3.08. The van der Waals surface area contributed by atoms with E-state index in [2.05, 4.69) is 18.4 Å². The second kappa shape index (κ2) is 5.66. The molecule has 1 unspecified atom stereocenters. The molecule has 1 aliphatic heterocycles. The molecule has 16 heavy (non-hydrogen) atoms. The molecule has 0 fully saturated rings. The van der Waals surface area contributed by atoms with E-state index < -0.39 is 0 Å². The molecule has 1 aromatic rings. The third-order valence-electron chi connectivity index (χ3n) is 2.96. The number of nitrogens with two attached hydrogens (primary N) is 1. The van der Waals surface area contributed by atoms with Crippen LogP contribution < -0.4 is 5.73 Å². The van der Waals surface area contributed by atoms with Gasteiger partial charge in [0, 0.05) is 24.4 Å². The number of carbonyl (C=O) groups is 1. The summed E-state index contributed by atoms with van der Waals surface area (Å²) in [4.78, 5) is 15.2. The summed E-state index contributed by atoms with van der Waals surface area (Å²) in [5.41, 5.74) is 6.73. The van der Waals surface area contributed by atoms with Crippen LogP contribution in [0.15, 0.2) is 11.4 Å². The fraction of sp³-hybridized carbons (Fsp3) is 0.545. The first-order chi connectivity index (χ1) is 7.24. The van der Waals surface area contributed by atoms with Crippen molar-refractivity contribution < 1.29 is 4.79 Å². The summed E-state index contributed by atoms with van der Waals surface area (Å²) in [7, 11) is 0. The molecule has 0 saturated carbocycles. The van der Waals surface area contributed by atoms with E-state index in [0.29, 0.717) is 13.0 Å². The maximum absolute atomic E-state index is 11.8. The van der Waals surface area contributed by atoms with Crippen molar-refractivity contribution in [2.75, 3.05) is 13.1 Å². The Balaban J connectivity index is 0.00000128. The number of fused-ring (bicyclic) bond motifs is 1. The minimum atomic E-state index is 0. The quantitative estimate of drug-likeness (QED) is 0.884. The third-order valence-corrected chi connectivity index (χ3v) is 3.95. The third kappa shape index (κ3) is 2.39. The normalized spacial score (nSPS) is 18.9. The van der Waals surface area contributed by atoms with Crippen LogP contribution in [-0.4, -0.2) is 23.9 Å². The predicted octanol–water partition coefficient (Wildman–Crippen LogP) is 1.96. The molecule has 2 rings (SSSR count). The van der Waals surface area contributed by atoms with E-state index in [1.807, 2.05) is 4.90 Å². The summed E-state index contributed by atoms with van der Waals surface area (Å²) in [6.07, 6.45) is 1.46. The Morgan fingerprint density at radius 3 is 3.12 bits per heavy atom. The minimum absolute atomic E-state index is 0. The van der Waals surface area contributed by atoms with Gasteiger partial charge in [0.15, 0.2) is 0 Å². The van der Waals surface area contributed by atoms with Crippen LogP contribution in [0.5, 0.6) is 0 Å². The Morgan fingerprint density at radius 2 is 2.44 bits per heavy atom. The first kappa shape index (κ1) is 13.5. The molecule has 0 saturated heterocycles. The number of halogens is 1. The van der Waals surface area contributed by atoms with Crippen LogP contribution in [0.1, 0.15) is 29.8 Å². The molecule has 1 atom stereocenters. The zero-order valence-electron chi connectivity index (χ0n) is 9.31. The van der Waals surface area contributed by atoms with Crippen LogP contribution in [0.4, 0.5) is 0 Å². The van der Waals surface area contributed by atoms with Gasteiger partial charge in [-0.05, 0) is 30.4 Å². The highest BCUT2D eigenvalue weighted by atomic mass is 35.5. The molecule has 0 aromatic carbocycles. The highest BCUT2D eigenvalue weighted by molar-refractivity contribution is 7.10. The van der Waals surface area contributed by atoms with Gasteiger partial charge in [-0.25, -0.2) is 0 Å². The van der Waals surface area contributed by atoms with Gasteiger partial charge < -0.3 is 10.6 Å². The Hall–Kier alpha value is -0.580. The van der Waals surface area contributed by atoms with Gasteiger partial charge in [0.25, 0.3) is 0 Å². The van der Waals surface area contributed by atoms with E-state index >= 15 is 0 Å². The molecule has 0 radical (unpaired) electrons. The van der Waals surface area contributed by atoms with Crippen LogP contribution >= 0.6 is 23.7 Å². The van der Waals surface area contributed by atoms with Crippen LogP contribution in [0.3, 0.4) is 0 Å². The second-order valence-electron chi connectivity index (χ2n) is 3.85. The van der Waals surface area contributed by atoms with Crippen molar-refractivity contribution in [3.05, 3.63) is 21.9 Å². The monoisotopic (exact) mass is 260 g/mol. The zero-order valence-corrected chi connectivity index (χ0v) is 10.9. The Kier molecular flexibility index (Phi) is 4.77. The van der Waals surface area contributed by atoms with Crippen molar-refractivity contribution in [2.24, 2.45) is 5.73 Å². The second-order valence-corrected chi connectivity index (χ2v) is 4.85. The number of thiophene rings is 1. The lowest BCUT2D eigenvalue weighted by atomic mass is 10.0. The number of hydrogen-bond donors (Lipinski definition) is 1. The molecule has 1 amide bonds. The zero-order chi connectivity index (χ0) is 10.8. The minimum Gasteiger partial charge on any atom is -0.335 e. The average molecular weight is 261 g/mol. The topological polar surface area (TPSA) is 46.3 Å². The lowest BCUT2D eigenvalue weighted by Gasteiger charge is -2.33. The van der Waals surface area contributed by atoms with E-state index in [9.17, 15) is 4.79 Å². The van der Waals surface area contributed by atoms with E-state index in [-0.39, 0.29) is 24.4 Å². The molecule has 1 aromatic heterocycles. The standard InChI is InChI=1S/C11H16N2OS.ClH/c1-8-9-4-7-15-10(9)3-6-13(8)11(14)2-5-12;/h4,7-8H,2-3,5-6,12H2,1H3;1H. The molecule has 2 N–H and O–H groups in total. The molecular formula is C11H17ClN2OS. The van der Waals surface area contributed by atoms with Crippen molar-refractivity contribution in [3.63, 3.8) is 0 Å². The van der Waals surface area contributed by atoms with Crippen molar-refractivity contribution in [3.8, 4) is 0 Å². The number of amides is 1. The first-order valence-electron chi connectivity index (χ1n) is 5.30. The molecule has 0 spiro atoms. The maximum Gasteiger partial charge on any atom is 0.224 e. The number of nitrogens with zero attached hydrogens (tertiary/aromatic N) is 1. The first-order valence-corrected chi connectivity index (χ1v) is 6.18. The van der Waals surface area contributed by atoms with E-state index in [1.165, 1.54) is 10.4 Å². The fourth-order valence-electron chi connectivity index (χ4n) is 2.12. The summed E-state index contributed by atoms with van der Waals surface area (Å²) >= 11 is 1.79. The number of hydrogen-bond acceptors (Lipinski definition) is 3. The van der Waals surface area contributed by atoms with Crippen molar-refractivity contribution >= 4 is 29.7 Å². The maximum atomic E-state index is 11.8. The molecular weight excluding hydrogens is 244 g/mol. The van der Waals surface area contributed by atoms with E-state index in [1.54, 1.807) is 11.3 Å². The van der Waals surface area contributed by atoms with Gasteiger partial charge in [-0.2, -0.15) is 0 Å². The summed E-state index contributed by atoms with van der Waals surface area (Å²) in [6, 6.07) is 2.35. The van der Waals surface area contributed by atoms with Crippen molar-refractivity contribution in [1.29, 1.82) is 0 Å². The van der Waals surface area contributed by atoms with Crippen LogP contribution in [-0.2, 0) is 11.2 Å². The molecule has 2 heterocycles. The SMILES string of the molecule is CC1c2ccsc2CCN1C(=O)CCN.Cl. The van der Waals surface area contributed by atoms with Gasteiger partial charge in [0.2, 0.25) is 5.91 Å². The molecule has 0 bridgehead atoms. The number of rotatable bonds is 2. The Labute approximate surface area is 106 Å². The number of carbonyl (C=O) groups excluding carboxylic acids is 1. The largest absolute Gasteiger partial charge is 0.335 e. The van der Waals surface area contributed by atoms with Crippen LogP contribution in [0.2, 0.25) is 0 Å². The summed E-state index contributed by atoms with van der Waals surface area (Å²) in [5.74, 6) is 0.182. The van der Waals surface area contributed by atoms with Crippen molar-refractivity contribution in [1.82, 2.24) is 4.90 Å². The molecule has 5 heteroatoms. The highest BCUT2D eigenvalue weighted by Gasteiger charge is 2.27. The van der Waals surface area contributed by atoms with Crippen LogP contribution in [0, 0.1) is 0 Å². The van der Waals surface area contributed by atoms with Crippen LogP contribution in [0.25, 0.3) is 0 Å². The Bertz CT molecular complexity index is 367. The molecule has 90 valence electrons. The van der Waals surface area contributed by atoms with Gasteiger partial charge in [-0.3, -0.25) is 4.79 Å². The van der Waals surface area contributed by atoms with Crippen molar-refractivity contribution in [2.45, 2.75) is 25.8 Å². The molecule has 1 aliphatic rings. The van der Waals surface area contributed by atoms with Gasteiger partial charge >= 0.3 is 0 Å². The van der Waals surface area contributed by atoms with E-state index in [0.717, 1.165) is 13.0 Å². The lowest BCUT2D eigenvalue weighted by Crippen LogP contribution is -2.39. The molecule has 0 aliphatic carbocycles. The average Bonchev–Trinajstić information content (AvgIpc) is 2.67. The predicted molar refractivity (Wildman–Crippen MR) is 69.1 cm³/mol. The molecule has 3 nitrogen and oxygen atoms in total. The van der Waals surface area contributed by atoms with Gasteiger partial charge in [-0.15, -0.1) is 23.7 Å². The van der Waals surface area contributed by atoms with Gasteiger partial charge in [-0.1, -0.05) is 0 Å². The smallest absolute Gasteiger partial charge is 0.224 e. The lowest BCUT2D eigenvalue weighted by molar-refractivity contribution is -0.133. The Morgan fingerprint density at radius 1 is 1.69 bits per heavy atom. The van der Waals surface area contributed by atoms with E-state index in [4.69, 9.17) is 5.73 Å². The van der Waals surface area contributed by atoms with Gasteiger partial charge in [0.05, 0.1) is 6.04 Å². The summed E-state index contributed by atoms with van der Waals surface area (Å²) in [5, 5.41) is 2.11. The summed E-state index contributed by atoms with van der Waals surface area (Å²) in [6.45, 7) is 3.38. The summed E-state index contributed by atoms with van der Waals surface area (Å²) < 4.78 is 0. The van der Waals surface area contributed by atoms with Gasteiger partial charge in [0.1, 0.15) is 0 Å².